The average molecular weight is 359 g/mol. The molecule has 26 heavy (non-hydrogen) atoms. The summed E-state index contributed by atoms with van der Waals surface area (Å²) in [5.74, 6) is -1.09. The first-order valence-electron chi connectivity index (χ1n) is 8.93. The largest absolute Gasteiger partial charge is 0.354 e. The molecule has 0 bridgehead atoms. The smallest absolute Gasteiger partial charge is 0.261 e. The van der Waals surface area contributed by atoms with Crippen molar-refractivity contribution >= 4 is 23.6 Å². The van der Waals surface area contributed by atoms with Crippen LogP contribution in [-0.2, 0) is 4.79 Å². The van der Waals surface area contributed by atoms with E-state index in [1.54, 1.807) is 13.8 Å². The van der Waals surface area contributed by atoms with Gasteiger partial charge in [-0.25, -0.2) is 0 Å². The normalized spacial score (nSPS) is 13.2. The molecule has 1 heterocycles. The summed E-state index contributed by atoms with van der Waals surface area (Å²) in [6.45, 7) is 6.19. The fraction of sp³-hybridized carbons (Fsp3) is 0.474. The number of hydrogen-bond acceptors (Lipinski definition) is 4. The van der Waals surface area contributed by atoms with Crippen molar-refractivity contribution in [3.05, 3.63) is 34.9 Å². The molecule has 0 spiro atoms. The Morgan fingerprint density at radius 3 is 2.35 bits per heavy atom. The number of carbonyl (C=O) groups is 4. The average Bonchev–Trinajstić information content (AvgIpc) is 2.87. The lowest BCUT2D eigenvalue weighted by Crippen LogP contribution is -2.36. The van der Waals surface area contributed by atoms with E-state index in [4.69, 9.17) is 0 Å². The molecule has 1 aromatic rings. The van der Waals surface area contributed by atoms with E-state index >= 15 is 0 Å². The molecule has 7 heteroatoms. The third-order valence-electron chi connectivity index (χ3n) is 4.19. The van der Waals surface area contributed by atoms with Crippen LogP contribution in [0.2, 0.25) is 0 Å². The molecule has 2 N–H and O–H groups in total. The van der Waals surface area contributed by atoms with Crippen molar-refractivity contribution < 1.29 is 19.2 Å². The maximum atomic E-state index is 12.4. The van der Waals surface area contributed by atoms with Crippen molar-refractivity contribution in [2.45, 2.75) is 46.1 Å². The summed E-state index contributed by atoms with van der Waals surface area (Å²) < 4.78 is 0. The highest BCUT2D eigenvalue weighted by molar-refractivity contribution is 6.22. The number of amides is 4. The Morgan fingerprint density at radius 1 is 1.04 bits per heavy atom. The van der Waals surface area contributed by atoms with Gasteiger partial charge >= 0.3 is 0 Å². The Hall–Kier alpha value is -2.70. The third kappa shape index (κ3) is 4.28. The van der Waals surface area contributed by atoms with Gasteiger partial charge in [0.1, 0.15) is 0 Å². The molecule has 0 saturated carbocycles. The first-order chi connectivity index (χ1) is 12.4. The maximum Gasteiger partial charge on any atom is 0.261 e. The SMILES string of the molecule is CCCCC(=O)NCCNC(=O)c1ccc2c(c1)C(=O)N(C(C)C)C2=O. The number of nitrogens with one attached hydrogen (secondary N) is 2. The molecule has 0 atom stereocenters. The summed E-state index contributed by atoms with van der Waals surface area (Å²) in [5, 5.41) is 5.44. The Balaban J connectivity index is 1.93. The Morgan fingerprint density at radius 2 is 1.69 bits per heavy atom. The summed E-state index contributed by atoms with van der Waals surface area (Å²) in [7, 11) is 0. The lowest BCUT2D eigenvalue weighted by atomic mass is 10.1. The number of carbonyl (C=O) groups excluding carboxylic acids is 4. The van der Waals surface area contributed by atoms with Gasteiger partial charge in [0, 0.05) is 31.1 Å². The van der Waals surface area contributed by atoms with Crippen LogP contribution in [0.15, 0.2) is 18.2 Å². The van der Waals surface area contributed by atoms with Gasteiger partial charge in [-0.3, -0.25) is 24.1 Å². The molecular formula is C19H25N3O4. The van der Waals surface area contributed by atoms with Crippen molar-refractivity contribution in [3.63, 3.8) is 0 Å². The molecule has 1 aromatic carbocycles. The molecule has 0 aromatic heterocycles. The summed E-state index contributed by atoms with van der Waals surface area (Å²) in [5.41, 5.74) is 0.889. The standard InChI is InChI=1S/C19H25N3O4/c1-4-5-6-16(23)20-9-10-21-17(24)13-7-8-14-15(11-13)19(26)22(12(2)3)18(14)25/h7-8,11-12H,4-6,9-10H2,1-3H3,(H,20,23)(H,21,24). The van der Waals surface area contributed by atoms with Crippen LogP contribution >= 0.6 is 0 Å². The number of unbranched alkanes of at least 4 members (excludes halogenated alkanes) is 1. The quantitative estimate of drug-likeness (QED) is 0.546. The molecule has 7 nitrogen and oxygen atoms in total. The molecule has 0 radical (unpaired) electrons. The van der Waals surface area contributed by atoms with Gasteiger partial charge in [0.25, 0.3) is 17.7 Å². The van der Waals surface area contributed by atoms with Crippen LogP contribution in [0.25, 0.3) is 0 Å². The minimum Gasteiger partial charge on any atom is -0.354 e. The molecular weight excluding hydrogens is 334 g/mol. The van der Waals surface area contributed by atoms with Gasteiger partial charge in [0.05, 0.1) is 11.1 Å². The molecule has 1 aliphatic rings. The highest BCUT2D eigenvalue weighted by Crippen LogP contribution is 2.25. The monoisotopic (exact) mass is 359 g/mol. The minimum atomic E-state index is -0.377. The molecule has 1 aliphatic heterocycles. The summed E-state index contributed by atoms with van der Waals surface area (Å²) >= 11 is 0. The Labute approximate surface area is 153 Å². The fourth-order valence-electron chi connectivity index (χ4n) is 2.78. The van der Waals surface area contributed by atoms with Crippen molar-refractivity contribution in [2.24, 2.45) is 0 Å². The van der Waals surface area contributed by atoms with E-state index in [-0.39, 0.29) is 35.2 Å². The number of imide groups is 1. The molecule has 0 saturated heterocycles. The Kier molecular flexibility index (Phi) is 6.49. The molecule has 140 valence electrons. The van der Waals surface area contributed by atoms with Crippen LogP contribution in [0.5, 0.6) is 0 Å². The van der Waals surface area contributed by atoms with Crippen LogP contribution in [0.1, 0.15) is 71.1 Å². The van der Waals surface area contributed by atoms with Crippen molar-refractivity contribution in [1.29, 1.82) is 0 Å². The van der Waals surface area contributed by atoms with Crippen molar-refractivity contribution in [3.8, 4) is 0 Å². The van der Waals surface area contributed by atoms with Crippen molar-refractivity contribution in [1.82, 2.24) is 15.5 Å². The van der Waals surface area contributed by atoms with Crippen LogP contribution in [0.4, 0.5) is 0 Å². The molecule has 0 aliphatic carbocycles. The second-order valence-corrected chi connectivity index (χ2v) is 6.54. The summed E-state index contributed by atoms with van der Waals surface area (Å²) in [4.78, 5) is 49.5. The van der Waals surface area contributed by atoms with E-state index in [2.05, 4.69) is 10.6 Å². The van der Waals surface area contributed by atoms with E-state index in [0.717, 1.165) is 12.8 Å². The molecule has 0 unspecified atom stereocenters. The topological polar surface area (TPSA) is 95.6 Å². The van der Waals surface area contributed by atoms with Gasteiger partial charge in [0.15, 0.2) is 0 Å². The third-order valence-corrected chi connectivity index (χ3v) is 4.19. The van der Waals surface area contributed by atoms with E-state index in [1.807, 2.05) is 6.92 Å². The lowest BCUT2D eigenvalue weighted by Gasteiger charge is -2.17. The van der Waals surface area contributed by atoms with Gasteiger partial charge in [-0.2, -0.15) is 0 Å². The highest BCUT2D eigenvalue weighted by Gasteiger charge is 2.37. The molecule has 2 rings (SSSR count). The number of benzene rings is 1. The number of hydrogen-bond donors (Lipinski definition) is 2. The van der Waals surface area contributed by atoms with Crippen LogP contribution in [0.3, 0.4) is 0 Å². The number of fused-ring (bicyclic) bond motifs is 1. The minimum absolute atomic E-state index is 0.0310. The van der Waals surface area contributed by atoms with Gasteiger partial charge in [-0.05, 0) is 38.5 Å². The van der Waals surface area contributed by atoms with Crippen molar-refractivity contribution in [2.75, 3.05) is 13.1 Å². The van der Waals surface area contributed by atoms with E-state index in [1.165, 1.54) is 23.1 Å². The first kappa shape index (κ1) is 19.6. The van der Waals surface area contributed by atoms with Crippen LogP contribution in [0, 0.1) is 0 Å². The van der Waals surface area contributed by atoms with Crippen LogP contribution in [-0.4, -0.2) is 47.7 Å². The predicted octanol–water partition coefficient (Wildman–Crippen LogP) is 1.73. The van der Waals surface area contributed by atoms with E-state index in [0.29, 0.717) is 30.6 Å². The maximum absolute atomic E-state index is 12.4. The van der Waals surface area contributed by atoms with Gasteiger partial charge in [-0.15, -0.1) is 0 Å². The number of rotatable bonds is 8. The second kappa shape index (κ2) is 8.60. The first-order valence-corrected chi connectivity index (χ1v) is 8.93. The van der Waals surface area contributed by atoms with E-state index in [9.17, 15) is 19.2 Å². The zero-order chi connectivity index (χ0) is 19.3. The molecule has 4 amide bonds. The fourth-order valence-corrected chi connectivity index (χ4v) is 2.78. The van der Waals surface area contributed by atoms with Crippen LogP contribution < -0.4 is 10.6 Å². The second-order valence-electron chi connectivity index (χ2n) is 6.54. The zero-order valence-electron chi connectivity index (χ0n) is 15.4. The van der Waals surface area contributed by atoms with Gasteiger partial charge in [0.2, 0.25) is 5.91 Å². The number of nitrogens with zero attached hydrogens (tertiary/aromatic N) is 1. The van der Waals surface area contributed by atoms with E-state index < -0.39 is 0 Å². The lowest BCUT2D eigenvalue weighted by molar-refractivity contribution is -0.121. The van der Waals surface area contributed by atoms with Gasteiger partial charge < -0.3 is 10.6 Å². The molecule has 0 fully saturated rings. The summed E-state index contributed by atoms with van der Waals surface area (Å²) in [6.07, 6.45) is 2.28. The predicted molar refractivity (Wildman–Crippen MR) is 96.9 cm³/mol. The Bertz CT molecular complexity index is 727. The summed E-state index contributed by atoms with van der Waals surface area (Å²) in [6, 6.07) is 4.26. The highest BCUT2D eigenvalue weighted by atomic mass is 16.2. The zero-order valence-corrected chi connectivity index (χ0v) is 15.4. The van der Waals surface area contributed by atoms with Gasteiger partial charge in [-0.1, -0.05) is 13.3 Å².